The monoisotopic (exact) mass is 357 g/mol. The van der Waals surface area contributed by atoms with Crippen molar-refractivity contribution in [2.45, 2.75) is 32.4 Å². The largest absolute Gasteiger partial charge is 0.447 e. The van der Waals surface area contributed by atoms with E-state index in [0.29, 0.717) is 6.61 Å². The van der Waals surface area contributed by atoms with Crippen molar-refractivity contribution in [3.8, 4) is 10.6 Å². The van der Waals surface area contributed by atoms with Gasteiger partial charge in [-0.05, 0) is 18.9 Å². The van der Waals surface area contributed by atoms with Crippen molar-refractivity contribution in [3.63, 3.8) is 0 Å². The van der Waals surface area contributed by atoms with Crippen molar-refractivity contribution >= 4 is 17.4 Å². The van der Waals surface area contributed by atoms with E-state index in [2.05, 4.69) is 48.0 Å². The molecule has 0 radical (unpaired) electrons. The maximum absolute atomic E-state index is 11.9. The fourth-order valence-electron chi connectivity index (χ4n) is 3.82. The van der Waals surface area contributed by atoms with E-state index < -0.39 is 0 Å². The van der Waals surface area contributed by atoms with Crippen LogP contribution in [0.3, 0.4) is 0 Å². The second-order valence-electron chi connectivity index (χ2n) is 6.94. The second kappa shape index (κ2) is 6.42. The van der Waals surface area contributed by atoms with Crippen LogP contribution in [0.15, 0.2) is 30.5 Å². The number of carbonyl (C=O) groups is 1. The summed E-state index contributed by atoms with van der Waals surface area (Å²) in [4.78, 5) is 22.2. The second-order valence-corrected chi connectivity index (χ2v) is 8.06. The molecule has 1 aromatic heterocycles. The predicted octanol–water partition coefficient (Wildman–Crippen LogP) is 3.54. The van der Waals surface area contributed by atoms with Crippen molar-refractivity contribution < 1.29 is 9.53 Å². The summed E-state index contributed by atoms with van der Waals surface area (Å²) in [5, 5.41) is 1.08. The molecule has 1 aromatic carbocycles. The number of aryl methyl sites for hydroxylation is 1. The molecule has 2 aliphatic rings. The minimum absolute atomic E-state index is 0.152. The van der Waals surface area contributed by atoms with Crippen LogP contribution in [0, 0.1) is 6.92 Å². The molecular formula is C19H23N3O2S. The number of thiazole rings is 1. The quantitative estimate of drug-likeness (QED) is 0.840. The molecule has 6 heteroatoms. The van der Waals surface area contributed by atoms with E-state index in [1.807, 2.05) is 11.1 Å². The van der Waals surface area contributed by atoms with E-state index >= 15 is 0 Å². The maximum Gasteiger partial charge on any atom is 0.410 e. The van der Waals surface area contributed by atoms with Gasteiger partial charge >= 0.3 is 6.09 Å². The summed E-state index contributed by atoms with van der Waals surface area (Å²) in [6, 6.07) is 8.37. The molecule has 3 heterocycles. The lowest BCUT2D eigenvalue weighted by atomic mass is 9.93. The standard InChI is InChI=1S/C19H23N3O2S/c1-3-19-12-21(8-9-22(19)18(23)24-13-19)11-15-10-20-17(25-15)16-7-5-4-6-14(16)2/h4-7,10H,3,8-9,11-13H2,1-2H3. The summed E-state index contributed by atoms with van der Waals surface area (Å²) in [5.74, 6) is 0. The molecule has 0 saturated carbocycles. The van der Waals surface area contributed by atoms with Gasteiger partial charge in [-0.3, -0.25) is 9.80 Å². The third kappa shape index (κ3) is 2.93. The van der Waals surface area contributed by atoms with E-state index in [4.69, 9.17) is 4.74 Å². The van der Waals surface area contributed by atoms with Gasteiger partial charge in [0.15, 0.2) is 0 Å². The number of aromatic nitrogens is 1. The molecule has 2 saturated heterocycles. The number of fused-ring (bicyclic) bond motifs is 1. The molecule has 4 rings (SSSR count). The summed E-state index contributed by atoms with van der Waals surface area (Å²) in [5.41, 5.74) is 2.31. The Hall–Kier alpha value is -1.92. The van der Waals surface area contributed by atoms with Crippen LogP contribution in [0.25, 0.3) is 10.6 Å². The van der Waals surface area contributed by atoms with Gasteiger partial charge in [0.2, 0.25) is 0 Å². The van der Waals surface area contributed by atoms with Crippen molar-refractivity contribution in [2.75, 3.05) is 26.2 Å². The summed E-state index contributed by atoms with van der Waals surface area (Å²) in [6.07, 6.45) is 2.77. The Kier molecular flexibility index (Phi) is 4.25. The van der Waals surface area contributed by atoms with E-state index in [0.717, 1.165) is 37.6 Å². The number of cyclic esters (lactones) is 1. The number of nitrogens with zero attached hydrogens (tertiary/aromatic N) is 3. The first-order valence-corrected chi connectivity index (χ1v) is 9.60. The average molecular weight is 357 g/mol. The number of carbonyl (C=O) groups excluding carboxylic acids is 1. The molecule has 1 amide bonds. The molecular weight excluding hydrogens is 334 g/mol. The Morgan fingerprint density at radius 2 is 2.16 bits per heavy atom. The van der Waals surface area contributed by atoms with Crippen LogP contribution in [0.5, 0.6) is 0 Å². The van der Waals surface area contributed by atoms with Crippen LogP contribution in [0.1, 0.15) is 23.8 Å². The lowest BCUT2D eigenvalue weighted by Crippen LogP contribution is -2.60. The van der Waals surface area contributed by atoms with Gasteiger partial charge in [-0.2, -0.15) is 0 Å². The Morgan fingerprint density at radius 3 is 2.96 bits per heavy atom. The average Bonchev–Trinajstić information content (AvgIpc) is 3.21. The fraction of sp³-hybridized carbons (Fsp3) is 0.474. The van der Waals surface area contributed by atoms with E-state index in [1.54, 1.807) is 11.3 Å². The van der Waals surface area contributed by atoms with Gasteiger partial charge in [-0.25, -0.2) is 9.78 Å². The molecule has 132 valence electrons. The first-order valence-electron chi connectivity index (χ1n) is 8.79. The molecule has 1 unspecified atom stereocenters. The zero-order valence-electron chi connectivity index (χ0n) is 14.7. The number of ether oxygens (including phenoxy) is 1. The van der Waals surface area contributed by atoms with Gasteiger partial charge in [-0.15, -0.1) is 11.3 Å². The number of benzene rings is 1. The molecule has 0 N–H and O–H groups in total. The zero-order chi connectivity index (χ0) is 17.4. The predicted molar refractivity (Wildman–Crippen MR) is 98.6 cm³/mol. The molecule has 25 heavy (non-hydrogen) atoms. The maximum atomic E-state index is 11.9. The minimum Gasteiger partial charge on any atom is -0.447 e. The Bertz CT molecular complexity index is 790. The highest BCUT2D eigenvalue weighted by atomic mass is 32.1. The molecule has 2 fully saturated rings. The summed E-state index contributed by atoms with van der Waals surface area (Å²) in [7, 11) is 0. The van der Waals surface area contributed by atoms with Gasteiger partial charge in [0.1, 0.15) is 11.6 Å². The normalized spacial score (nSPS) is 23.6. The summed E-state index contributed by atoms with van der Waals surface area (Å²) < 4.78 is 5.32. The Labute approximate surface area is 152 Å². The van der Waals surface area contributed by atoms with Gasteiger partial charge in [0.05, 0.1) is 5.54 Å². The highest BCUT2D eigenvalue weighted by molar-refractivity contribution is 7.15. The molecule has 5 nitrogen and oxygen atoms in total. The molecule has 0 aliphatic carbocycles. The Morgan fingerprint density at radius 1 is 1.32 bits per heavy atom. The van der Waals surface area contributed by atoms with Crippen LogP contribution < -0.4 is 0 Å². The number of piperazine rings is 1. The van der Waals surface area contributed by atoms with Crippen LogP contribution in [-0.2, 0) is 11.3 Å². The zero-order valence-corrected chi connectivity index (χ0v) is 15.5. The molecule has 0 spiro atoms. The topological polar surface area (TPSA) is 45.7 Å². The van der Waals surface area contributed by atoms with Crippen LogP contribution in [0.4, 0.5) is 4.79 Å². The van der Waals surface area contributed by atoms with Crippen LogP contribution >= 0.6 is 11.3 Å². The van der Waals surface area contributed by atoms with Gasteiger partial charge in [-0.1, -0.05) is 31.2 Å². The minimum atomic E-state index is -0.154. The number of hydrogen-bond donors (Lipinski definition) is 0. The number of rotatable bonds is 4. The highest BCUT2D eigenvalue weighted by Crippen LogP contribution is 2.33. The Balaban J connectivity index is 1.49. The molecule has 1 atom stereocenters. The van der Waals surface area contributed by atoms with Crippen LogP contribution in [0.2, 0.25) is 0 Å². The van der Waals surface area contributed by atoms with E-state index in [1.165, 1.54) is 16.0 Å². The third-order valence-corrected chi connectivity index (χ3v) is 6.40. The third-order valence-electron chi connectivity index (χ3n) is 5.38. The fourth-order valence-corrected chi connectivity index (χ4v) is 4.87. The van der Waals surface area contributed by atoms with Crippen molar-refractivity contribution in [1.29, 1.82) is 0 Å². The SMILES string of the molecule is CCC12COC(=O)N1CCN(Cc1cnc(-c3ccccc3C)s1)C2. The summed E-state index contributed by atoms with van der Waals surface area (Å²) >= 11 is 1.76. The first-order chi connectivity index (χ1) is 12.1. The molecule has 2 aliphatic heterocycles. The van der Waals surface area contributed by atoms with Crippen molar-refractivity contribution in [1.82, 2.24) is 14.8 Å². The summed E-state index contributed by atoms with van der Waals surface area (Å²) in [6.45, 7) is 8.15. The van der Waals surface area contributed by atoms with Gasteiger partial charge in [0, 0.05) is 42.8 Å². The highest BCUT2D eigenvalue weighted by Gasteiger charge is 2.49. The molecule has 2 aromatic rings. The van der Waals surface area contributed by atoms with Crippen molar-refractivity contribution in [3.05, 3.63) is 40.9 Å². The van der Waals surface area contributed by atoms with Crippen molar-refractivity contribution in [2.24, 2.45) is 0 Å². The van der Waals surface area contributed by atoms with Gasteiger partial charge < -0.3 is 4.74 Å². The van der Waals surface area contributed by atoms with E-state index in [9.17, 15) is 4.79 Å². The molecule has 0 bridgehead atoms. The smallest absolute Gasteiger partial charge is 0.410 e. The number of amides is 1. The van der Waals surface area contributed by atoms with Crippen LogP contribution in [-0.4, -0.2) is 52.7 Å². The van der Waals surface area contributed by atoms with Gasteiger partial charge in [0.25, 0.3) is 0 Å². The lowest BCUT2D eigenvalue weighted by molar-refractivity contribution is 0.0454. The number of hydrogen-bond acceptors (Lipinski definition) is 5. The van der Waals surface area contributed by atoms with E-state index in [-0.39, 0.29) is 11.6 Å². The lowest BCUT2D eigenvalue weighted by Gasteiger charge is -2.44. The first kappa shape index (κ1) is 16.5.